The Balaban J connectivity index is 2.77. The van der Waals surface area contributed by atoms with Gasteiger partial charge in [0.2, 0.25) is 0 Å². The van der Waals surface area contributed by atoms with Crippen LogP contribution in [-0.2, 0) is 4.74 Å². The van der Waals surface area contributed by atoms with Crippen LogP contribution in [0.1, 0.15) is 38.3 Å². The second kappa shape index (κ2) is 6.89. The van der Waals surface area contributed by atoms with Gasteiger partial charge >= 0.3 is 0 Å². The van der Waals surface area contributed by atoms with Crippen molar-refractivity contribution < 1.29 is 4.74 Å². The van der Waals surface area contributed by atoms with Gasteiger partial charge in [-0.15, -0.1) is 0 Å². The van der Waals surface area contributed by atoms with Crippen LogP contribution < -0.4 is 16.2 Å². The summed E-state index contributed by atoms with van der Waals surface area (Å²) in [5, 5.41) is 0. The minimum absolute atomic E-state index is 0.117. The van der Waals surface area contributed by atoms with E-state index in [1.165, 1.54) is 11.3 Å². The Labute approximate surface area is 116 Å². The Hall–Kier alpha value is -1.10. The van der Waals surface area contributed by atoms with Crippen molar-refractivity contribution in [2.75, 3.05) is 26.1 Å². The summed E-state index contributed by atoms with van der Waals surface area (Å²) in [5.74, 6) is 5.70. The lowest BCUT2D eigenvalue weighted by Crippen LogP contribution is -2.31. The highest BCUT2D eigenvalue weighted by molar-refractivity contribution is 5.47. The highest BCUT2D eigenvalue weighted by Gasteiger charge is 2.19. The van der Waals surface area contributed by atoms with E-state index in [1.54, 1.807) is 7.11 Å². The maximum Gasteiger partial charge on any atom is 0.0623 e. The summed E-state index contributed by atoms with van der Waals surface area (Å²) in [6.45, 7) is 4.19. The van der Waals surface area contributed by atoms with E-state index < -0.39 is 0 Å². The van der Waals surface area contributed by atoms with Gasteiger partial charge in [0, 0.05) is 32.9 Å². The zero-order valence-electron chi connectivity index (χ0n) is 12.7. The maximum atomic E-state index is 5.70. The molecule has 0 aliphatic rings. The fourth-order valence-corrected chi connectivity index (χ4v) is 1.96. The zero-order chi connectivity index (χ0) is 14.5. The van der Waals surface area contributed by atoms with E-state index in [2.05, 4.69) is 48.4 Å². The van der Waals surface area contributed by atoms with Crippen molar-refractivity contribution >= 4 is 5.69 Å². The molecule has 1 atom stereocenters. The molecule has 0 fully saturated rings. The number of nitrogens with two attached hydrogens (primary N) is 1. The van der Waals surface area contributed by atoms with Gasteiger partial charge in [0.15, 0.2) is 0 Å². The number of methoxy groups -OCH3 is 1. The van der Waals surface area contributed by atoms with E-state index in [1.807, 2.05) is 14.1 Å². The monoisotopic (exact) mass is 265 g/mol. The fraction of sp³-hybridized carbons (Fsp3) is 0.600. The third-order valence-electron chi connectivity index (χ3n) is 3.58. The Morgan fingerprint density at radius 1 is 1.37 bits per heavy atom. The Morgan fingerprint density at radius 2 is 2.05 bits per heavy atom. The molecule has 0 bridgehead atoms. The second-order valence-corrected chi connectivity index (χ2v) is 5.71. The van der Waals surface area contributed by atoms with Crippen LogP contribution in [0.25, 0.3) is 0 Å². The summed E-state index contributed by atoms with van der Waals surface area (Å²) in [7, 11) is 5.83. The molecular weight excluding hydrogens is 238 g/mol. The Morgan fingerprint density at radius 3 is 2.58 bits per heavy atom. The van der Waals surface area contributed by atoms with Crippen LogP contribution in [0.5, 0.6) is 0 Å². The Kier molecular flexibility index (Phi) is 5.79. The van der Waals surface area contributed by atoms with E-state index >= 15 is 0 Å². The molecule has 0 heterocycles. The first-order valence-corrected chi connectivity index (χ1v) is 6.68. The van der Waals surface area contributed by atoms with E-state index in [4.69, 9.17) is 10.6 Å². The van der Waals surface area contributed by atoms with E-state index in [-0.39, 0.29) is 11.6 Å². The van der Waals surface area contributed by atoms with Crippen molar-refractivity contribution in [3.8, 4) is 0 Å². The first-order valence-electron chi connectivity index (χ1n) is 6.68. The molecule has 0 spiro atoms. The van der Waals surface area contributed by atoms with Gasteiger partial charge in [0.25, 0.3) is 0 Å². The maximum absolute atomic E-state index is 5.70. The smallest absolute Gasteiger partial charge is 0.0623 e. The van der Waals surface area contributed by atoms with Gasteiger partial charge in [-0.3, -0.25) is 11.3 Å². The number of ether oxygens (including phenoxy) is 1. The number of rotatable bonds is 7. The number of nitrogens with one attached hydrogen (secondary N) is 1. The molecule has 1 unspecified atom stereocenters. The molecule has 19 heavy (non-hydrogen) atoms. The lowest BCUT2D eigenvalue weighted by Gasteiger charge is -2.26. The van der Waals surface area contributed by atoms with Crippen LogP contribution in [-0.4, -0.2) is 26.8 Å². The fourth-order valence-electron chi connectivity index (χ4n) is 1.96. The number of hydrogen-bond donors (Lipinski definition) is 2. The van der Waals surface area contributed by atoms with E-state index in [0.29, 0.717) is 0 Å². The third-order valence-corrected chi connectivity index (χ3v) is 3.58. The normalized spacial score (nSPS) is 13.4. The van der Waals surface area contributed by atoms with E-state index in [9.17, 15) is 0 Å². The predicted molar refractivity (Wildman–Crippen MR) is 81.2 cm³/mol. The topological polar surface area (TPSA) is 50.5 Å². The SMILES string of the molecule is COC(C)(C)CCC(NN)c1cccc(N(C)C)c1. The van der Waals surface area contributed by atoms with Crippen LogP contribution in [0.3, 0.4) is 0 Å². The molecule has 0 aliphatic heterocycles. The average molecular weight is 265 g/mol. The van der Waals surface area contributed by atoms with Crippen molar-refractivity contribution in [3.63, 3.8) is 0 Å². The number of benzene rings is 1. The van der Waals surface area contributed by atoms with Gasteiger partial charge < -0.3 is 9.64 Å². The van der Waals surface area contributed by atoms with Crippen molar-refractivity contribution in [1.82, 2.24) is 5.43 Å². The number of hydrazine groups is 1. The van der Waals surface area contributed by atoms with Crippen LogP contribution >= 0.6 is 0 Å². The minimum atomic E-state index is -0.117. The standard InChI is InChI=1S/C15H27N3O/c1-15(2,19-5)10-9-14(17-16)12-7-6-8-13(11-12)18(3)4/h6-8,11,14,17H,9-10,16H2,1-5H3. The molecule has 0 aliphatic carbocycles. The minimum Gasteiger partial charge on any atom is -0.379 e. The first kappa shape index (κ1) is 16.0. The van der Waals surface area contributed by atoms with Gasteiger partial charge in [0.1, 0.15) is 0 Å². The molecule has 0 saturated heterocycles. The summed E-state index contributed by atoms with van der Waals surface area (Å²) in [4.78, 5) is 2.09. The summed E-state index contributed by atoms with van der Waals surface area (Å²) < 4.78 is 5.45. The lowest BCUT2D eigenvalue weighted by molar-refractivity contribution is 0.0117. The van der Waals surface area contributed by atoms with Crippen molar-refractivity contribution in [1.29, 1.82) is 0 Å². The second-order valence-electron chi connectivity index (χ2n) is 5.71. The lowest BCUT2D eigenvalue weighted by atomic mass is 9.95. The zero-order valence-corrected chi connectivity index (χ0v) is 12.7. The molecule has 3 N–H and O–H groups in total. The van der Waals surface area contributed by atoms with Gasteiger partial charge in [0.05, 0.1) is 5.60 Å². The molecule has 0 radical (unpaired) electrons. The molecule has 0 saturated carbocycles. The third kappa shape index (κ3) is 4.82. The molecule has 1 aromatic carbocycles. The molecule has 108 valence electrons. The Bertz CT molecular complexity index is 391. The van der Waals surface area contributed by atoms with Gasteiger partial charge in [-0.1, -0.05) is 12.1 Å². The molecule has 0 aromatic heterocycles. The van der Waals surface area contributed by atoms with Crippen molar-refractivity contribution in [2.45, 2.75) is 38.3 Å². The van der Waals surface area contributed by atoms with Crippen LogP contribution in [0, 0.1) is 0 Å². The van der Waals surface area contributed by atoms with E-state index in [0.717, 1.165) is 12.8 Å². The summed E-state index contributed by atoms with van der Waals surface area (Å²) in [5.41, 5.74) is 5.18. The molecule has 0 amide bonds. The average Bonchev–Trinajstić information content (AvgIpc) is 2.39. The van der Waals surface area contributed by atoms with Crippen LogP contribution in [0.2, 0.25) is 0 Å². The van der Waals surface area contributed by atoms with Gasteiger partial charge in [-0.25, -0.2) is 0 Å². The highest BCUT2D eigenvalue weighted by atomic mass is 16.5. The van der Waals surface area contributed by atoms with Gasteiger partial charge in [-0.2, -0.15) is 0 Å². The van der Waals surface area contributed by atoms with Crippen LogP contribution in [0.15, 0.2) is 24.3 Å². The van der Waals surface area contributed by atoms with Crippen molar-refractivity contribution in [3.05, 3.63) is 29.8 Å². The molecule has 1 rings (SSSR count). The molecular formula is C15H27N3O. The summed E-state index contributed by atoms with van der Waals surface area (Å²) >= 11 is 0. The summed E-state index contributed by atoms with van der Waals surface area (Å²) in [6.07, 6.45) is 1.89. The molecule has 4 nitrogen and oxygen atoms in total. The number of hydrogen-bond acceptors (Lipinski definition) is 4. The quantitative estimate of drug-likeness (QED) is 0.587. The number of anilines is 1. The molecule has 1 aromatic rings. The largest absolute Gasteiger partial charge is 0.379 e. The molecule has 4 heteroatoms. The van der Waals surface area contributed by atoms with Gasteiger partial charge in [-0.05, 0) is 44.4 Å². The first-order chi connectivity index (χ1) is 8.89. The summed E-state index contributed by atoms with van der Waals surface area (Å²) in [6, 6.07) is 8.59. The van der Waals surface area contributed by atoms with Crippen molar-refractivity contribution in [2.24, 2.45) is 5.84 Å². The van der Waals surface area contributed by atoms with Crippen LogP contribution in [0.4, 0.5) is 5.69 Å². The predicted octanol–water partition coefficient (Wildman–Crippen LogP) is 2.46. The number of nitrogens with zero attached hydrogens (tertiary/aromatic N) is 1. The highest BCUT2D eigenvalue weighted by Crippen LogP contribution is 2.26.